The molecule has 0 aliphatic carbocycles. The van der Waals surface area contributed by atoms with Gasteiger partial charge in [0.2, 0.25) is 7.37 Å². The third-order valence-corrected chi connectivity index (χ3v) is 7.56. The first-order valence-corrected chi connectivity index (χ1v) is 17.2. The lowest BCUT2D eigenvalue weighted by atomic mass is 10.2. The second kappa shape index (κ2) is 15.9. The van der Waals surface area contributed by atoms with Gasteiger partial charge in [0.05, 0.1) is 19.1 Å². The number of carbonyl (C=O) groups is 1. The van der Waals surface area contributed by atoms with Gasteiger partial charge in [-0.1, -0.05) is 17.7 Å². The molecule has 0 aliphatic heterocycles. The van der Waals surface area contributed by atoms with Gasteiger partial charge in [0.15, 0.2) is 7.37 Å². The van der Waals surface area contributed by atoms with Gasteiger partial charge in [-0.3, -0.25) is 27.0 Å². The molecule has 11 nitrogen and oxygen atoms in total. The lowest BCUT2D eigenvalue weighted by Gasteiger charge is -2.09. The van der Waals surface area contributed by atoms with E-state index in [2.05, 4.69) is 17.8 Å². The fourth-order valence-corrected chi connectivity index (χ4v) is 4.75. The summed E-state index contributed by atoms with van der Waals surface area (Å²) >= 11 is 0. The highest BCUT2D eigenvalue weighted by Crippen LogP contribution is 2.54. The summed E-state index contributed by atoms with van der Waals surface area (Å²) in [6, 6.07) is 6.50. The first kappa shape index (κ1) is 35.8. The Balaban J connectivity index is -0.000000374. The Morgan fingerprint density at radius 2 is 1.22 bits per heavy atom. The molecule has 1 atom stereocenters. The molecule has 0 amide bonds. The van der Waals surface area contributed by atoms with Crippen LogP contribution in [-0.4, -0.2) is 73.9 Å². The summed E-state index contributed by atoms with van der Waals surface area (Å²) in [5.74, 6) is -0.245. The highest BCUT2D eigenvalue weighted by molar-refractivity contribution is 7.86. The summed E-state index contributed by atoms with van der Waals surface area (Å²) in [5.41, 5.74) is 1.02. The highest BCUT2D eigenvalue weighted by Gasteiger charge is 2.19. The molecule has 0 bridgehead atoms. The van der Waals surface area contributed by atoms with Crippen molar-refractivity contribution in [2.24, 2.45) is 0 Å². The van der Waals surface area contributed by atoms with Crippen molar-refractivity contribution in [2.75, 3.05) is 54.7 Å². The molecule has 1 aromatic rings. The SMILES string of the molecule is COC(C)=O.COP(C)(C)=O.COS(=O)(=O)c1ccc(C)cc1.CP(C)(=O)OP(C)(=O)O. The number of carbonyl (C=O) groups excluding carboxylic acids is 1. The molecule has 0 radical (unpaired) electrons. The minimum Gasteiger partial charge on any atom is -0.469 e. The van der Waals surface area contributed by atoms with E-state index in [9.17, 15) is 26.9 Å². The molecule has 1 N–H and O–H groups in total. The molecule has 0 spiro atoms. The number of rotatable bonds is 5. The van der Waals surface area contributed by atoms with Crippen LogP contribution in [0.15, 0.2) is 29.2 Å². The van der Waals surface area contributed by atoms with E-state index in [1.165, 1.54) is 46.6 Å². The highest BCUT2D eigenvalue weighted by atomic mass is 32.2. The fraction of sp³-hybridized carbons (Fsp3) is 0.588. The van der Waals surface area contributed by atoms with Gasteiger partial charge in [-0.05, 0) is 19.1 Å². The zero-order valence-corrected chi connectivity index (χ0v) is 23.6. The van der Waals surface area contributed by atoms with Gasteiger partial charge >= 0.3 is 13.6 Å². The lowest BCUT2D eigenvalue weighted by Crippen LogP contribution is -2.02. The summed E-state index contributed by atoms with van der Waals surface area (Å²) in [4.78, 5) is 18.3. The third kappa shape index (κ3) is 27.2. The van der Waals surface area contributed by atoms with Crippen molar-refractivity contribution < 1.29 is 49.6 Å². The van der Waals surface area contributed by atoms with E-state index < -0.39 is 32.5 Å². The first-order chi connectivity index (χ1) is 14.1. The van der Waals surface area contributed by atoms with Crippen molar-refractivity contribution in [1.29, 1.82) is 0 Å². The summed E-state index contributed by atoms with van der Waals surface area (Å²) < 4.78 is 70.8. The van der Waals surface area contributed by atoms with E-state index in [1.807, 2.05) is 6.92 Å². The Kier molecular flexibility index (Phi) is 17.8. The predicted octanol–water partition coefficient (Wildman–Crippen LogP) is 4.04. The van der Waals surface area contributed by atoms with Gasteiger partial charge in [0, 0.05) is 47.4 Å². The van der Waals surface area contributed by atoms with Crippen LogP contribution in [0.2, 0.25) is 0 Å². The molecule has 0 saturated heterocycles. The Morgan fingerprint density at radius 1 is 0.875 bits per heavy atom. The molecule has 1 unspecified atom stereocenters. The molecule has 0 aliphatic rings. The number of hydrogen-bond acceptors (Lipinski definition) is 10. The zero-order chi connectivity index (χ0) is 26.4. The third-order valence-electron chi connectivity index (χ3n) is 2.60. The van der Waals surface area contributed by atoms with E-state index in [-0.39, 0.29) is 10.9 Å². The lowest BCUT2D eigenvalue weighted by molar-refractivity contribution is -0.137. The van der Waals surface area contributed by atoms with E-state index >= 15 is 0 Å². The van der Waals surface area contributed by atoms with Crippen LogP contribution < -0.4 is 0 Å². The van der Waals surface area contributed by atoms with Gasteiger partial charge in [-0.25, -0.2) is 0 Å². The van der Waals surface area contributed by atoms with E-state index in [1.54, 1.807) is 25.5 Å². The van der Waals surface area contributed by atoms with Crippen molar-refractivity contribution >= 4 is 38.4 Å². The smallest absolute Gasteiger partial charge is 0.330 e. The van der Waals surface area contributed by atoms with Gasteiger partial charge in [-0.15, -0.1) is 0 Å². The molecule has 1 aromatic carbocycles. The Labute approximate surface area is 191 Å². The number of benzene rings is 1. The Hall–Kier alpha value is -0.830. The van der Waals surface area contributed by atoms with Gasteiger partial charge in [0.25, 0.3) is 10.1 Å². The molecular formula is C17H35O11P3S. The summed E-state index contributed by atoms with van der Waals surface area (Å²) in [6.07, 6.45) is 0. The largest absolute Gasteiger partial charge is 0.469 e. The van der Waals surface area contributed by atoms with E-state index in [4.69, 9.17) is 4.89 Å². The zero-order valence-electron chi connectivity index (χ0n) is 20.1. The van der Waals surface area contributed by atoms with Crippen LogP contribution in [0.25, 0.3) is 0 Å². The maximum Gasteiger partial charge on any atom is 0.330 e. The van der Waals surface area contributed by atoms with E-state index in [0.29, 0.717) is 0 Å². The monoisotopic (exact) mass is 540 g/mol. The van der Waals surface area contributed by atoms with Crippen LogP contribution in [0.1, 0.15) is 12.5 Å². The second-order valence-electron chi connectivity index (χ2n) is 6.70. The molecule has 0 heterocycles. The number of esters is 1. The molecular weight excluding hydrogens is 505 g/mol. The molecule has 0 saturated carbocycles. The maximum atomic E-state index is 11.1. The minimum absolute atomic E-state index is 0.190. The molecule has 0 fully saturated rings. The topological polar surface area (TPSA) is 160 Å². The van der Waals surface area contributed by atoms with Gasteiger partial charge in [-0.2, -0.15) is 8.42 Å². The summed E-state index contributed by atoms with van der Waals surface area (Å²) in [6.45, 7) is 9.99. The van der Waals surface area contributed by atoms with Crippen LogP contribution in [0, 0.1) is 6.92 Å². The van der Waals surface area contributed by atoms with Crippen molar-refractivity contribution in [1.82, 2.24) is 0 Å². The number of methoxy groups -OCH3 is 1. The molecule has 32 heavy (non-hydrogen) atoms. The maximum absolute atomic E-state index is 11.1. The van der Waals surface area contributed by atoms with Gasteiger partial charge in [0.1, 0.15) is 0 Å². The normalized spacial score (nSPS) is 13.0. The first-order valence-electron chi connectivity index (χ1n) is 8.69. The number of hydrogen-bond donors (Lipinski definition) is 1. The van der Waals surface area contributed by atoms with E-state index in [0.717, 1.165) is 19.3 Å². The minimum atomic E-state index is -3.55. The average molecular weight is 540 g/mol. The molecule has 190 valence electrons. The standard InChI is InChI=1S/C8H10O3S.C3H10O4P2.C3H9O2P.C3H6O2/c1-7-3-5-8(6-4-7)12(9,10)11-2;1-8(2,4)7-9(3,5)6;1-5-6(2,3)4;1-3(4)5-2/h3-6H,1-2H3;1-3H3,(H,5,6);1-3H3;1-2H3. The summed E-state index contributed by atoms with van der Waals surface area (Å²) in [5, 5.41) is 0. The summed E-state index contributed by atoms with van der Waals surface area (Å²) in [7, 11) is -8.07. The van der Waals surface area contributed by atoms with Crippen molar-refractivity contribution in [3.63, 3.8) is 0 Å². The van der Waals surface area contributed by atoms with Crippen molar-refractivity contribution in [2.45, 2.75) is 18.7 Å². The predicted molar refractivity (Wildman–Crippen MR) is 126 cm³/mol. The Bertz CT molecular complexity index is 890. The van der Waals surface area contributed by atoms with Crippen LogP contribution in [0.3, 0.4) is 0 Å². The van der Waals surface area contributed by atoms with Crippen molar-refractivity contribution in [3.05, 3.63) is 29.8 Å². The number of ether oxygens (including phenoxy) is 1. The van der Waals surface area contributed by atoms with Crippen LogP contribution in [-0.2, 0) is 46.4 Å². The van der Waals surface area contributed by atoms with Gasteiger partial charge < -0.3 is 14.2 Å². The van der Waals surface area contributed by atoms with Crippen LogP contribution in [0.4, 0.5) is 0 Å². The fourth-order valence-electron chi connectivity index (χ4n) is 1.17. The molecule has 0 aromatic heterocycles. The van der Waals surface area contributed by atoms with Crippen molar-refractivity contribution in [3.8, 4) is 0 Å². The number of aryl methyl sites for hydroxylation is 1. The average Bonchev–Trinajstić information content (AvgIpc) is 2.60. The molecule has 15 heteroatoms. The second-order valence-corrected chi connectivity index (χ2v) is 16.0. The Morgan fingerprint density at radius 3 is 1.38 bits per heavy atom. The quantitative estimate of drug-likeness (QED) is 0.326. The molecule has 1 rings (SSSR count). The van der Waals surface area contributed by atoms with Crippen LogP contribution >= 0.6 is 22.3 Å². The van der Waals surface area contributed by atoms with Crippen LogP contribution in [0.5, 0.6) is 0 Å².